The molecule has 158 valence electrons. The number of aromatic amines is 1. The summed E-state index contributed by atoms with van der Waals surface area (Å²) in [5.41, 5.74) is 1.36. The number of ether oxygens (including phenoxy) is 1. The molecule has 3 aromatic rings. The summed E-state index contributed by atoms with van der Waals surface area (Å²) in [4.78, 5) is 47.4. The Labute approximate surface area is 185 Å². The van der Waals surface area contributed by atoms with Gasteiger partial charge in [0.15, 0.2) is 5.16 Å². The molecule has 0 saturated carbocycles. The summed E-state index contributed by atoms with van der Waals surface area (Å²) in [5, 5.41) is 4.38. The van der Waals surface area contributed by atoms with Gasteiger partial charge in [-0.05, 0) is 51.2 Å². The fourth-order valence-electron chi connectivity index (χ4n) is 3.48. The van der Waals surface area contributed by atoms with Crippen LogP contribution in [0.3, 0.4) is 0 Å². The number of hydrogen-bond donors (Lipinski definition) is 2. The van der Waals surface area contributed by atoms with Crippen molar-refractivity contribution in [2.75, 3.05) is 17.7 Å². The summed E-state index contributed by atoms with van der Waals surface area (Å²) < 4.78 is 5.04. The number of rotatable bonds is 6. The third-order valence-corrected chi connectivity index (χ3v) is 7.77. The molecule has 7 nitrogen and oxygen atoms in total. The molecule has 4 rings (SSSR count). The van der Waals surface area contributed by atoms with E-state index in [4.69, 9.17) is 4.74 Å². The van der Waals surface area contributed by atoms with Crippen LogP contribution >= 0.6 is 34.4 Å². The van der Waals surface area contributed by atoms with E-state index < -0.39 is 5.97 Å². The van der Waals surface area contributed by atoms with Crippen LogP contribution in [0.2, 0.25) is 0 Å². The summed E-state index contributed by atoms with van der Waals surface area (Å²) in [6.07, 6.45) is 4.18. The minimum Gasteiger partial charge on any atom is -0.462 e. The van der Waals surface area contributed by atoms with Crippen LogP contribution in [0.15, 0.2) is 16.0 Å². The second kappa shape index (κ2) is 8.91. The number of amides is 1. The molecule has 0 spiro atoms. The maximum atomic E-state index is 12.6. The minimum absolute atomic E-state index is 0.0682. The Morgan fingerprint density at radius 3 is 2.90 bits per heavy atom. The number of carbonyl (C=O) groups excluding carboxylic acids is 2. The Morgan fingerprint density at radius 1 is 1.30 bits per heavy atom. The lowest BCUT2D eigenvalue weighted by Gasteiger charge is -2.09. The zero-order valence-electron chi connectivity index (χ0n) is 16.6. The zero-order valence-corrected chi connectivity index (χ0v) is 19.1. The van der Waals surface area contributed by atoms with Crippen LogP contribution in [0.4, 0.5) is 5.00 Å². The topological polar surface area (TPSA) is 101 Å². The van der Waals surface area contributed by atoms with Crippen molar-refractivity contribution >= 4 is 61.5 Å². The maximum Gasteiger partial charge on any atom is 0.341 e. The van der Waals surface area contributed by atoms with E-state index in [1.807, 2.05) is 6.92 Å². The first-order valence-corrected chi connectivity index (χ1v) is 12.3. The fraction of sp³-hybridized carbons (Fsp3) is 0.400. The maximum absolute atomic E-state index is 12.6. The average molecular weight is 464 g/mol. The van der Waals surface area contributed by atoms with Crippen LogP contribution in [0.25, 0.3) is 10.2 Å². The Hall–Kier alpha value is -2.17. The Balaban J connectivity index is 1.46. The predicted molar refractivity (Wildman–Crippen MR) is 121 cm³/mol. The number of thioether (sulfide) groups is 1. The van der Waals surface area contributed by atoms with Crippen molar-refractivity contribution in [2.24, 2.45) is 0 Å². The van der Waals surface area contributed by atoms with Crippen molar-refractivity contribution in [1.82, 2.24) is 9.97 Å². The summed E-state index contributed by atoms with van der Waals surface area (Å²) in [6.45, 7) is 3.87. The molecule has 1 aliphatic carbocycles. The third-order valence-electron chi connectivity index (χ3n) is 4.75. The number of hydrogen-bond acceptors (Lipinski definition) is 8. The molecule has 10 heteroatoms. The van der Waals surface area contributed by atoms with Gasteiger partial charge in [0, 0.05) is 9.75 Å². The predicted octanol–water partition coefficient (Wildman–Crippen LogP) is 4.14. The van der Waals surface area contributed by atoms with Crippen molar-refractivity contribution in [1.29, 1.82) is 0 Å². The molecule has 1 amide bonds. The van der Waals surface area contributed by atoms with Crippen LogP contribution < -0.4 is 10.9 Å². The van der Waals surface area contributed by atoms with Crippen LogP contribution in [0.5, 0.6) is 0 Å². The molecule has 0 aromatic carbocycles. The Bertz CT molecular complexity index is 1180. The van der Waals surface area contributed by atoms with Gasteiger partial charge >= 0.3 is 5.97 Å². The van der Waals surface area contributed by atoms with Gasteiger partial charge in [-0.15, -0.1) is 22.7 Å². The van der Waals surface area contributed by atoms with Gasteiger partial charge < -0.3 is 15.0 Å². The standard InChI is InChI=1S/C20H21N3O4S3/c1-3-27-19(26)12-8-10(2)29-17(12)21-14(24)9-28-20-22-16(25)15-11-6-4-5-7-13(11)30-18(15)23-20/h8H,3-7,9H2,1-2H3,(H,21,24)(H,22,23,25). The number of carbonyl (C=O) groups is 2. The average Bonchev–Trinajstić information content (AvgIpc) is 3.26. The van der Waals surface area contributed by atoms with Crippen molar-refractivity contribution in [3.05, 3.63) is 37.3 Å². The second-order valence-corrected chi connectivity index (χ2v) is 10.2. The molecular formula is C20H21N3O4S3. The molecule has 0 atom stereocenters. The van der Waals surface area contributed by atoms with Crippen LogP contribution in [-0.4, -0.2) is 34.2 Å². The molecule has 30 heavy (non-hydrogen) atoms. The minimum atomic E-state index is -0.456. The number of fused-ring (bicyclic) bond motifs is 3. The number of nitrogens with zero attached hydrogens (tertiary/aromatic N) is 1. The molecule has 0 unspecified atom stereocenters. The van der Waals surface area contributed by atoms with E-state index in [-0.39, 0.29) is 23.8 Å². The molecule has 3 aromatic heterocycles. The van der Waals surface area contributed by atoms with Crippen molar-refractivity contribution in [3.63, 3.8) is 0 Å². The largest absolute Gasteiger partial charge is 0.462 e. The summed E-state index contributed by atoms with van der Waals surface area (Å²) in [7, 11) is 0. The number of anilines is 1. The highest BCUT2D eigenvalue weighted by atomic mass is 32.2. The molecule has 2 N–H and O–H groups in total. The van der Waals surface area contributed by atoms with E-state index in [0.29, 0.717) is 21.1 Å². The van der Waals surface area contributed by atoms with Gasteiger partial charge in [0.25, 0.3) is 5.56 Å². The number of aromatic nitrogens is 2. The molecule has 0 radical (unpaired) electrons. The monoisotopic (exact) mass is 463 g/mol. The van der Waals surface area contributed by atoms with E-state index >= 15 is 0 Å². The molecule has 3 heterocycles. The second-order valence-electron chi connectivity index (χ2n) is 6.92. The van der Waals surface area contributed by atoms with Crippen molar-refractivity contribution in [3.8, 4) is 0 Å². The van der Waals surface area contributed by atoms with E-state index in [2.05, 4.69) is 15.3 Å². The summed E-state index contributed by atoms with van der Waals surface area (Å²) in [6, 6.07) is 1.71. The number of thiophene rings is 2. The highest BCUT2D eigenvalue weighted by Crippen LogP contribution is 2.34. The van der Waals surface area contributed by atoms with Crippen LogP contribution in [0.1, 0.15) is 45.4 Å². The van der Waals surface area contributed by atoms with Gasteiger partial charge in [0.1, 0.15) is 9.83 Å². The van der Waals surface area contributed by atoms with E-state index in [1.54, 1.807) is 24.3 Å². The number of esters is 1. The molecule has 0 saturated heterocycles. The lowest BCUT2D eigenvalue weighted by Crippen LogP contribution is -2.17. The van der Waals surface area contributed by atoms with Crippen molar-refractivity contribution in [2.45, 2.75) is 44.7 Å². The number of aryl methyl sites for hydroxylation is 3. The first kappa shape index (κ1) is 21.1. The summed E-state index contributed by atoms with van der Waals surface area (Å²) in [5.74, 6) is -0.665. The zero-order chi connectivity index (χ0) is 21.3. The van der Waals surface area contributed by atoms with Gasteiger partial charge in [0.05, 0.1) is 23.3 Å². The van der Waals surface area contributed by atoms with Gasteiger partial charge in [0.2, 0.25) is 5.91 Å². The lowest BCUT2D eigenvalue weighted by molar-refractivity contribution is -0.113. The van der Waals surface area contributed by atoms with Crippen LogP contribution in [0, 0.1) is 6.92 Å². The van der Waals surface area contributed by atoms with Crippen LogP contribution in [-0.2, 0) is 22.4 Å². The highest BCUT2D eigenvalue weighted by Gasteiger charge is 2.21. The van der Waals surface area contributed by atoms with Gasteiger partial charge in [-0.25, -0.2) is 9.78 Å². The van der Waals surface area contributed by atoms with Gasteiger partial charge in [-0.2, -0.15) is 0 Å². The summed E-state index contributed by atoms with van der Waals surface area (Å²) >= 11 is 4.08. The van der Waals surface area contributed by atoms with Gasteiger partial charge in [-0.1, -0.05) is 11.8 Å². The molecule has 1 aliphatic rings. The quantitative estimate of drug-likeness (QED) is 0.324. The third kappa shape index (κ3) is 4.30. The van der Waals surface area contributed by atoms with E-state index in [0.717, 1.165) is 41.0 Å². The molecule has 0 fully saturated rings. The first-order chi connectivity index (χ1) is 14.5. The lowest BCUT2D eigenvalue weighted by atomic mass is 9.97. The van der Waals surface area contributed by atoms with Gasteiger partial charge in [-0.3, -0.25) is 9.59 Å². The highest BCUT2D eigenvalue weighted by molar-refractivity contribution is 7.99. The molecule has 0 aliphatic heterocycles. The molecule has 0 bridgehead atoms. The SMILES string of the molecule is CCOC(=O)c1cc(C)sc1NC(=O)CSc1nc2sc3c(c2c(=O)[nH]1)CCCC3. The Kier molecular flexibility index (Phi) is 6.26. The normalized spacial score (nSPS) is 13.3. The van der Waals surface area contributed by atoms with E-state index in [1.165, 1.54) is 28.0 Å². The smallest absolute Gasteiger partial charge is 0.341 e. The number of nitrogens with one attached hydrogen (secondary N) is 2. The fourth-order valence-corrected chi connectivity index (χ4v) is 6.37. The Morgan fingerprint density at radius 2 is 2.10 bits per heavy atom. The van der Waals surface area contributed by atoms with Crippen molar-refractivity contribution < 1.29 is 14.3 Å². The number of H-pyrrole nitrogens is 1. The first-order valence-electron chi connectivity index (χ1n) is 9.71. The van der Waals surface area contributed by atoms with E-state index in [9.17, 15) is 14.4 Å². The molecular weight excluding hydrogens is 442 g/mol.